The van der Waals surface area contributed by atoms with Gasteiger partial charge in [-0.3, -0.25) is 9.10 Å². The van der Waals surface area contributed by atoms with Crippen LogP contribution >= 0.6 is 11.6 Å². The molecule has 32 heavy (non-hydrogen) atoms. The van der Waals surface area contributed by atoms with Crippen LogP contribution in [0.3, 0.4) is 0 Å². The predicted octanol–water partition coefficient (Wildman–Crippen LogP) is 5.34. The van der Waals surface area contributed by atoms with E-state index in [-0.39, 0.29) is 17.5 Å². The molecule has 168 valence electrons. The van der Waals surface area contributed by atoms with Crippen molar-refractivity contribution in [3.05, 3.63) is 94.0 Å². The van der Waals surface area contributed by atoms with Gasteiger partial charge in [0.05, 0.1) is 16.6 Å². The number of carbonyl (C=O) groups is 1. The summed E-state index contributed by atoms with van der Waals surface area (Å²) in [6, 6.07) is 18.8. The zero-order valence-corrected chi connectivity index (χ0v) is 20.2. The molecular weight excluding hydrogens is 444 g/mol. The van der Waals surface area contributed by atoms with E-state index in [1.165, 1.54) is 17.7 Å². The van der Waals surface area contributed by atoms with Gasteiger partial charge in [0.25, 0.3) is 10.0 Å². The fourth-order valence-corrected chi connectivity index (χ4v) is 5.07. The molecule has 3 aromatic carbocycles. The van der Waals surface area contributed by atoms with Crippen LogP contribution in [0, 0.1) is 20.8 Å². The second kappa shape index (κ2) is 9.76. The highest BCUT2D eigenvalue weighted by atomic mass is 35.5. The van der Waals surface area contributed by atoms with Crippen molar-refractivity contribution in [2.24, 2.45) is 0 Å². The maximum Gasteiger partial charge on any atom is 0.264 e. The van der Waals surface area contributed by atoms with E-state index in [0.717, 1.165) is 15.4 Å². The smallest absolute Gasteiger partial charge is 0.264 e. The number of hydrogen-bond acceptors (Lipinski definition) is 3. The van der Waals surface area contributed by atoms with Gasteiger partial charge in [0.2, 0.25) is 5.91 Å². The van der Waals surface area contributed by atoms with Gasteiger partial charge in [-0.25, -0.2) is 8.42 Å². The normalized spacial score (nSPS) is 12.3. The van der Waals surface area contributed by atoms with Crippen molar-refractivity contribution in [1.29, 1.82) is 0 Å². The number of hydrogen-bond donors (Lipinski definition) is 1. The molecule has 0 bridgehead atoms. The summed E-state index contributed by atoms with van der Waals surface area (Å²) in [6.07, 6.45) is 0. The van der Waals surface area contributed by atoms with E-state index >= 15 is 0 Å². The van der Waals surface area contributed by atoms with Crippen molar-refractivity contribution in [1.82, 2.24) is 5.32 Å². The van der Waals surface area contributed by atoms with Gasteiger partial charge < -0.3 is 5.32 Å². The van der Waals surface area contributed by atoms with Crippen LogP contribution in [0.5, 0.6) is 0 Å². The molecule has 0 heterocycles. The average molecular weight is 471 g/mol. The van der Waals surface area contributed by atoms with Crippen molar-refractivity contribution >= 4 is 33.2 Å². The molecule has 7 heteroatoms. The van der Waals surface area contributed by atoms with Crippen LogP contribution in [-0.2, 0) is 14.8 Å². The summed E-state index contributed by atoms with van der Waals surface area (Å²) in [4.78, 5) is 13.1. The summed E-state index contributed by atoms with van der Waals surface area (Å²) < 4.78 is 28.1. The average Bonchev–Trinajstić information content (AvgIpc) is 2.76. The monoisotopic (exact) mass is 470 g/mol. The van der Waals surface area contributed by atoms with Gasteiger partial charge in [-0.2, -0.15) is 0 Å². The number of halogens is 1. The Kier molecular flexibility index (Phi) is 7.26. The highest BCUT2D eigenvalue weighted by Crippen LogP contribution is 2.29. The Hall–Kier alpha value is -2.83. The number of anilines is 1. The quantitative estimate of drug-likeness (QED) is 0.507. The minimum atomic E-state index is -3.99. The molecule has 0 fully saturated rings. The zero-order chi connectivity index (χ0) is 23.5. The second-order valence-corrected chi connectivity index (χ2v) is 10.2. The Morgan fingerprint density at radius 1 is 0.938 bits per heavy atom. The summed E-state index contributed by atoms with van der Waals surface area (Å²) in [5.41, 5.74) is 4.33. The molecule has 3 rings (SSSR count). The summed E-state index contributed by atoms with van der Waals surface area (Å²) in [5, 5.41) is 3.31. The van der Waals surface area contributed by atoms with Crippen molar-refractivity contribution < 1.29 is 13.2 Å². The van der Waals surface area contributed by atoms with Gasteiger partial charge in [-0.1, -0.05) is 54.1 Å². The second-order valence-electron chi connectivity index (χ2n) is 7.89. The highest BCUT2D eigenvalue weighted by molar-refractivity contribution is 7.92. The summed E-state index contributed by atoms with van der Waals surface area (Å²) >= 11 is 6.16. The molecule has 1 unspecified atom stereocenters. The van der Waals surface area contributed by atoms with Gasteiger partial charge in [0.1, 0.15) is 6.54 Å². The largest absolute Gasteiger partial charge is 0.348 e. The van der Waals surface area contributed by atoms with Crippen molar-refractivity contribution in [3.8, 4) is 0 Å². The third-order valence-corrected chi connectivity index (χ3v) is 7.48. The Morgan fingerprint density at radius 3 is 2.25 bits per heavy atom. The first-order valence-electron chi connectivity index (χ1n) is 10.3. The van der Waals surface area contributed by atoms with Gasteiger partial charge in [-0.05, 0) is 74.2 Å². The minimum Gasteiger partial charge on any atom is -0.348 e. The molecule has 5 nitrogen and oxygen atoms in total. The summed E-state index contributed by atoms with van der Waals surface area (Å²) in [5.74, 6) is -0.408. The lowest BCUT2D eigenvalue weighted by Crippen LogP contribution is -2.42. The first kappa shape index (κ1) is 23.8. The number of rotatable bonds is 7. The maximum absolute atomic E-state index is 13.5. The van der Waals surface area contributed by atoms with Crippen LogP contribution in [0.15, 0.2) is 71.6 Å². The molecule has 0 saturated heterocycles. The lowest BCUT2D eigenvalue weighted by atomic mass is 10.0. The van der Waals surface area contributed by atoms with E-state index < -0.39 is 15.9 Å². The van der Waals surface area contributed by atoms with Crippen LogP contribution < -0.4 is 9.62 Å². The van der Waals surface area contributed by atoms with E-state index in [0.29, 0.717) is 16.3 Å². The molecule has 0 aliphatic rings. The fourth-order valence-electron chi connectivity index (χ4n) is 3.41. The molecule has 0 aliphatic heterocycles. The number of sulfonamides is 1. The molecule has 1 N–H and O–H groups in total. The third kappa shape index (κ3) is 5.31. The topological polar surface area (TPSA) is 66.5 Å². The Bertz CT molecular complexity index is 1230. The summed E-state index contributed by atoms with van der Waals surface area (Å²) in [6.45, 7) is 7.34. The van der Waals surface area contributed by atoms with Crippen LogP contribution in [0.2, 0.25) is 5.02 Å². The fraction of sp³-hybridized carbons (Fsp3) is 0.240. The molecule has 0 aliphatic carbocycles. The zero-order valence-electron chi connectivity index (χ0n) is 18.6. The van der Waals surface area contributed by atoms with E-state index in [1.807, 2.05) is 39.0 Å². The molecule has 0 saturated carbocycles. The highest BCUT2D eigenvalue weighted by Gasteiger charge is 2.29. The van der Waals surface area contributed by atoms with E-state index in [1.54, 1.807) is 43.3 Å². The van der Waals surface area contributed by atoms with Gasteiger partial charge in [0, 0.05) is 5.02 Å². The van der Waals surface area contributed by atoms with Crippen molar-refractivity contribution in [2.45, 2.75) is 38.6 Å². The number of aryl methyl sites for hydroxylation is 3. The Morgan fingerprint density at radius 2 is 1.59 bits per heavy atom. The minimum absolute atomic E-state index is 0.106. The number of amides is 1. The van der Waals surface area contributed by atoms with Gasteiger partial charge in [-0.15, -0.1) is 0 Å². The SMILES string of the molecule is Cc1ccc(C(C)NC(=O)CN(c2cc(Cl)ccc2C)S(=O)(=O)c2ccccc2)cc1C. The standard InChI is InChI=1S/C25H27ClN2O3S/c1-17-10-12-21(14-19(17)3)20(4)27-25(29)16-28(24-15-22(26)13-11-18(24)2)32(30,31)23-8-6-5-7-9-23/h5-15,20H,16H2,1-4H3,(H,27,29). The predicted molar refractivity (Wildman–Crippen MR) is 130 cm³/mol. The lowest BCUT2D eigenvalue weighted by Gasteiger charge is -2.26. The molecule has 1 atom stereocenters. The van der Waals surface area contributed by atoms with Crippen LogP contribution in [0.4, 0.5) is 5.69 Å². The third-order valence-electron chi connectivity index (χ3n) is 5.47. The van der Waals surface area contributed by atoms with Crippen molar-refractivity contribution in [2.75, 3.05) is 10.8 Å². The van der Waals surface area contributed by atoms with E-state index in [9.17, 15) is 13.2 Å². The number of benzene rings is 3. The Labute approximate surface area is 195 Å². The first-order valence-corrected chi connectivity index (χ1v) is 12.1. The molecule has 0 aromatic heterocycles. The molecular formula is C25H27ClN2O3S. The molecule has 0 spiro atoms. The van der Waals surface area contributed by atoms with E-state index in [2.05, 4.69) is 5.32 Å². The van der Waals surface area contributed by atoms with Crippen molar-refractivity contribution in [3.63, 3.8) is 0 Å². The molecule has 0 radical (unpaired) electrons. The number of nitrogens with one attached hydrogen (secondary N) is 1. The first-order chi connectivity index (χ1) is 15.1. The van der Waals surface area contributed by atoms with Crippen LogP contribution in [0.1, 0.15) is 35.2 Å². The van der Waals surface area contributed by atoms with Gasteiger partial charge >= 0.3 is 0 Å². The number of nitrogens with zero attached hydrogens (tertiary/aromatic N) is 1. The van der Waals surface area contributed by atoms with E-state index in [4.69, 9.17) is 11.6 Å². The number of carbonyl (C=O) groups excluding carboxylic acids is 1. The van der Waals surface area contributed by atoms with Gasteiger partial charge in [0.15, 0.2) is 0 Å². The van der Waals surface area contributed by atoms with Crippen LogP contribution in [-0.4, -0.2) is 20.9 Å². The van der Waals surface area contributed by atoms with Crippen LogP contribution in [0.25, 0.3) is 0 Å². The molecule has 1 amide bonds. The molecule has 3 aromatic rings. The summed E-state index contributed by atoms with van der Waals surface area (Å²) in [7, 11) is -3.99. The maximum atomic E-state index is 13.5. The Balaban J connectivity index is 1.92. The lowest BCUT2D eigenvalue weighted by molar-refractivity contribution is -0.120.